The summed E-state index contributed by atoms with van der Waals surface area (Å²) in [6.45, 7) is 3.39. The summed E-state index contributed by atoms with van der Waals surface area (Å²) in [6, 6.07) is 5.90. The van der Waals surface area contributed by atoms with Crippen molar-refractivity contribution < 1.29 is 19.1 Å². The van der Waals surface area contributed by atoms with Gasteiger partial charge in [0.15, 0.2) is 6.61 Å². The van der Waals surface area contributed by atoms with Gasteiger partial charge in [0, 0.05) is 11.0 Å². The summed E-state index contributed by atoms with van der Waals surface area (Å²) in [4.78, 5) is 34.7. The molecular weight excluding hydrogens is 340 g/mol. The number of carbonyl (C=O) groups is 3. The molecule has 0 aliphatic rings. The highest BCUT2D eigenvalue weighted by atomic mass is 79.9. The van der Waals surface area contributed by atoms with Gasteiger partial charge in [-0.2, -0.15) is 0 Å². The number of hydrogen-bond acceptors (Lipinski definition) is 4. The van der Waals surface area contributed by atoms with Crippen LogP contribution in [0, 0.1) is 0 Å². The fourth-order valence-electron chi connectivity index (χ4n) is 1.48. The van der Waals surface area contributed by atoms with Crippen molar-refractivity contribution in [3.05, 3.63) is 34.3 Å². The molecule has 114 valence electrons. The Balaban J connectivity index is 2.40. The quantitative estimate of drug-likeness (QED) is 0.751. The zero-order valence-electron chi connectivity index (χ0n) is 11.8. The van der Waals surface area contributed by atoms with Gasteiger partial charge >= 0.3 is 5.97 Å². The van der Waals surface area contributed by atoms with Crippen LogP contribution in [0.2, 0.25) is 0 Å². The number of esters is 1. The number of halogens is 1. The molecule has 0 radical (unpaired) electrons. The van der Waals surface area contributed by atoms with Crippen molar-refractivity contribution in [2.75, 3.05) is 13.2 Å². The third kappa shape index (κ3) is 5.95. The molecule has 0 aliphatic carbocycles. The second kappa shape index (κ2) is 8.41. The van der Waals surface area contributed by atoms with Gasteiger partial charge in [0.2, 0.25) is 5.91 Å². The van der Waals surface area contributed by atoms with Gasteiger partial charge in [0.1, 0.15) is 6.04 Å². The topological polar surface area (TPSA) is 84.5 Å². The van der Waals surface area contributed by atoms with E-state index in [0.29, 0.717) is 12.1 Å². The molecule has 0 spiro atoms. The van der Waals surface area contributed by atoms with Crippen LogP contribution in [0.4, 0.5) is 0 Å². The molecule has 1 aromatic carbocycles. The standard InChI is InChI=1S/C14H17BrN2O4/c1-3-16-13(19)9(2)17-12(18)8-21-14(20)10-4-6-11(15)7-5-10/h4-7,9H,3,8H2,1-2H3,(H,16,19)(H,17,18)/t9-/m1/s1. The Labute approximate surface area is 131 Å². The minimum Gasteiger partial charge on any atom is -0.452 e. The lowest BCUT2D eigenvalue weighted by atomic mass is 10.2. The van der Waals surface area contributed by atoms with E-state index >= 15 is 0 Å². The molecular formula is C14H17BrN2O4. The molecule has 0 saturated carbocycles. The lowest BCUT2D eigenvalue weighted by Gasteiger charge is -2.13. The number of likely N-dealkylation sites (N-methyl/N-ethyl adjacent to an activating group) is 1. The fraction of sp³-hybridized carbons (Fsp3) is 0.357. The van der Waals surface area contributed by atoms with Crippen molar-refractivity contribution >= 4 is 33.7 Å². The summed E-state index contributed by atoms with van der Waals surface area (Å²) < 4.78 is 5.71. The van der Waals surface area contributed by atoms with Crippen molar-refractivity contribution in [3.8, 4) is 0 Å². The van der Waals surface area contributed by atoms with Gasteiger partial charge in [-0.05, 0) is 38.1 Å². The van der Waals surface area contributed by atoms with Crippen LogP contribution in [-0.2, 0) is 14.3 Å². The summed E-state index contributed by atoms with van der Waals surface area (Å²) in [5, 5.41) is 5.03. The van der Waals surface area contributed by atoms with Gasteiger partial charge in [-0.15, -0.1) is 0 Å². The SMILES string of the molecule is CCNC(=O)[C@@H](C)NC(=O)COC(=O)c1ccc(Br)cc1. The molecule has 1 aromatic rings. The third-order valence-electron chi connectivity index (χ3n) is 2.54. The first-order valence-corrected chi connectivity index (χ1v) is 7.23. The molecule has 0 aliphatic heterocycles. The van der Waals surface area contributed by atoms with E-state index in [0.717, 1.165) is 4.47 Å². The Morgan fingerprint density at radius 3 is 2.43 bits per heavy atom. The van der Waals surface area contributed by atoms with Crippen LogP contribution in [0.5, 0.6) is 0 Å². The van der Waals surface area contributed by atoms with Crippen LogP contribution >= 0.6 is 15.9 Å². The molecule has 7 heteroatoms. The van der Waals surface area contributed by atoms with E-state index in [4.69, 9.17) is 4.74 Å². The van der Waals surface area contributed by atoms with E-state index in [1.807, 2.05) is 0 Å². The van der Waals surface area contributed by atoms with Gasteiger partial charge in [0.05, 0.1) is 5.56 Å². The molecule has 0 unspecified atom stereocenters. The summed E-state index contributed by atoms with van der Waals surface area (Å²) in [7, 11) is 0. The van der Waals surface area contributed by atoms with Gasteiger partial charge in [-0.25, -0.2) is 4.79 Å². The molecule has 2 N–H and O–H groups in total. The van der Waals surface area contributed by atoms with E-state index in [1.54, 1.807) is 38.1 Å². The molecule has 0 fully saturated rings. The summed E-state index contributed by atoms with van der Waals surface area (Å²) in [6.07, 6.45) is 0. The van der Waals surface area contributed by atoms with Crippen LogP contribution in [0.25, 0.3) is 0 Å². The van der Waals surface area contributed by atoms with E-state index in [-0.39, 0.29) is 5.91 Å². The fourth-order valence-corrected chi connectivity index (χ4v) is 1.74. The number of rotatable bonds is 6. The number of hydrogen-bond donors (Lipinski definition) is 2. The van der Waals surface area contributed by atoms with Crippen LogP contribution in [-0.4, -0.2) is 37.0 Å². The lowest BCUT2D eigenvalue weighted by molar-refractivity contribution is -0.130. The van der Waals surface area contributed by atoms with Gasteiger partial charge in [-0.3, -0.25) is 9.59 Å². The number of nitrogens with one attached hydrogen (secondary N) is 2. The molecule has 0 bridgehead atoms. The number of ether oxygens (including phenoxy) is 1. The van der Waals surface area contributed by atoms with Crippen LogP contribution in [0.1, 0.15) is 24.2 Å². The van der Waals surface area contributed by atoms with E-state index in [9.17, 15) is 14.4 Å². The zero-order chi connectivity index (χ0) is 15.8. The maximum atomic E-state index is 11.7. The van der Waals surface area contributed by atoms with Crippen molar-refractivity contribution in [1.29, 1.82) is 0 Å². The Bertz CT molecular complexity index is 516. The maximum absolute atomic E-state index is 11.7. The monoisotopic (exact) mass is 356 g/mol. The predicted octanol–water partition coefficient (Wildman–Crippen LogP) is 1.25. The largest absolute Gasteiger partial charge is 0.452 e. The van der Waals surface area contributed by atoms with Crippen LogP contribution in [0.3, 0.4) is 0 Å². The second-order valence-electron chi connectivity index (χ2n) is 4.27. The van der Waals surface area contributed by atoms with Crippen LogP contribution < -0.4 is 10.6 Å². The summed E-state index contributed by atoms with van der Waals surface area (Å²) in [5.41, 5.74) is 0.350. The first-order chi connectivity index (χ1) is 9.93. The number of amides is 2. The van der Waals surface area contributed by atoms with E-state index in [1.165, 1.54) is 0 Å². The molecule has 0 saturated heterocycles. The molecule has 21 heavy (non-hydrogen) atoms. The Morgan fingerprint density at radius 2 is 1.86 bits per heavy atom. The molecule has 1 atom stereocenters. The summed E-state index contributed by atoms with van der Waals surface area (Å²) in [5.74, 6) is -1.41. The van der Waals surface area contributed by atoms with Crippen molar-refractivity contribution in [2.45, 2.75) is 19.9 Å². The Morgan fingerprint density at radius 1 is 1.24 bits per heavy atom. The summed E-state index contributed by atoms with van der Waals surface area (Å²) >= 11 is 3.26. The third-order valence-corrected chi connectivity index (χ3v) is 3.06. The Hall–Kier alpha value is -1.89. The first-order valence-electron chi connectivity index (χ1n) is 6.43. The van der Waals surface area contributed by atoms with Crippen molar-refractivity contribution in [3.63, 3.8) is 0 Å². The Kier molecular flexibility index (Phi) is 6.87. The molecule has 2 amide bonds. The predicted molar refractivity (Wildman–Crippen MR) is 80.7 cm³/mol. The molecule has 6 nitrogen and oxygen atoms in total. The highest BCUT2D eigenvalue weighted by Crippen LogP contribution is 2.11. The second-order valence-corrected chi connectivity index (χ2v) is 5.18. The van der Waals surface area contributed by atoms with Gasteiger partial charge in [-0.1, -0.05) is 15.9 Å². The first kappa shape index (κ1) is 17.2. The molecule has 0 aromatic heterocycles. The smallest absolute Gasteiger partial charge is 0.338 e. The molecule has 0 heterocycles. The van der Waals surface area contributed by atoms with Crippen molar-refractivity contribution in [1.82, 2.24) is 10.6 Å². The van der Waals surface area contributed by atoms with Gasteiger partial charge < -0.3 is 15.4 Å². The minimum absolute atomic E-state index is 0.287. The van der Waals surface area contributed by atoms with Crippen molar-refractivity contribution in [2.24, 2.45) is 0 Å². The highest BCUT2D eigenvalue weighted by molar-refractivity contribution is 9.10. The maximum Gasteiger partial charge on any atom is 0.338 e. The minimum atomic E-state index is -0.677. The average Bonchev–Trinajstić information content (AvgIpc) is 2.45. The van der Waals surface area contributed by atoms with Gasteiger partial charge in [0.25, 0.3) is 5.91 Å². The number of benzene rings is 1. The zero-order valence-corrected chi connectivity index (χ0v) is 13.4. The average molecular weight is 357 g/mol. The van der Waals surface area contributed by atoms with Crippen LogP contribution in [0.15, 0.2) is 28.7 Å². The number of carbonyl (C=O) groups excluding carboxylic acids is 3. The lowest BCUT2D eigenvalue weighted by Crippen LogP contribution is -2.46. The normalized spacial score (nSPS) is 11.4. The highest BCUT2D eigenvalue weighted by Gasteiger charge is 2.16. The van der Waals surface area contributed by atoms with E-state index in [2.05, 4.69) is 26.6 Å². The van der Waals surface area contributed by atoms with E-state index < -0.39 is 24.5 Å². The molecule has 1 rings (SSSR count).